The van der Waals surface area contributed by atoms with Crippen LogP contribution in [-0.4, -0.2) is 9.38 Å². The van der Waals surface area contributed by atoms with Crippen molar-refractivity contribution in [2.75, 3.05) is 0 Å². The van der Waals surface area contributed by atoms with Crippen molar-refractivity contribution in [3.63, 3.8) is 0 Å². The zero-order chi connectivity index (χ0) is 28.9. The number of hydrogen-bond donors (Lipinski definition) is 0. The van der Waals surface area contributed by atoms with Gasteiger partial charge in [0.2, 0.25) is 0 Å². The first-order valence-corrected chi connectivity index (χ1v) is 15.2. The van der Waals surface area contributed by atoms with Gasteiger partial charge in [0, 0.05) is 26.2 Å². The SMILES string of the molecule is O=c1c2cc(-c3cccc4oc5ccc(-c6ccc7oc8ccccc8c7c6)cc5c34)ccc2sc2nc3ccccc3n12. The number of para-hydroxylation sites is 3. The zero-order valence-electron chi connectivity index (χ0n) is 23.1. The van der Waals surface area contributed by atoms with E-state index in [0.717, 1.165) is 81.9 Å². The summed E-state index contributed by atoms with van der Waals surface area (Å²) in [5, 5.41) is 4.95. The molecule has 6 aromatic carbocycles. The highest BCUT2D eigenvalue weighted by Crippen LogP contribution is 2.40. The van der Waals surface area contributed by atoms with Gasteiger partial charge in [-0.05, 0) is 82.9 Å². The van der Waals surface area contributed by atoms with Crippen LogP contribution in [0.1, 0.15) is 0 Å². The Hall–Kier alpha value is -5.72. The first-order chi connectivity index (χ1) is 21.7. The van der Waals surface area contributed by atoms with Crippen molar-refractivity contribution in [2.45, 2.75) is 0 Å². The molecular formula is C38H20N2O3S. The molecule has 206 valence electrons. The smallest absolute Gasteiger partial charge is 0.266 e. The largest absolute Gasteiger partial charge is 0.456 e. The highest BCUT2D eigenvalue weighted by molar-refractivity contribution is 7.23. The molecule has 0 atom stereocenters. The molecule has 0 bridgehead atoms. The summed E-state index contributed by atoms with van der Waals surface area (Å²) in [4.78, 5) is 19.2. The Bertz CT molecular complexity index is 2870. The van der Waals surface area contributed by atoms with E-state index in [2.05, 4.69) is 42.5 Å². The molecule has 0 aliphatic carbocycles. The molecule has 44 heavy (non-hydrogen) atoms. The Morgan fingerprint density at radius 1 is 0.568 bits per heavy atom. The van der Waals surface area contributed by atoms with Gasteiger partial charge in [-0.15, -0.1) is 0 Å². The molecule has 0 aliphatic heterocycles. The molecule has 0 saturated heterocycles. The average molecular weight is 585 g/mol. The van der Waals surface area contributed by atoms with Crippen molar-refractivity contribution in [1.29, 1.82) is 0 Å². The fourth-order valence-electron chi connectivity index (χ4n) is 6.59. The Labute approximate surface area is 252 Å². The maximum absolute atomic E-state index is 13.8. The second kappa shape index (κ2) is 8.66. The molecule has 6 heteroatoms. The molecule has 0 fully saturated rings. The highest BCUT2D eigenvalue weighted by atomic mass is 32.1. The number of rotatable bonds is 2. The third-order valence-corrected chi connectivity index (χ3v) is 9.69. The number of hydrogen-bond acceptors (Lipinski definition) is 5. The van der Waals surface area contributed by atoms with Crippen LogP contribution in [0.5, 0.6) is 0 Å². The van der Waals surface area contributed by atoms with Crippen molar-refractivity contribution in [2.24, 2.45) is 0 Å². The number of furan rings is 2. The molecule has 0 spiro atoms. The number of benzene rings is 6. The number of nitrogens with zero attached hydrogens (tertiary/aromatic N) is 2. The highest BCUT2D eigenvalue weighted by Gasteiger charge is 2.17. The summed E-state index contributed by atoms with van der Waals surface area (Å²) in [5.41, 5.74) is 9.19. The van der Waals surface area contributed by atoms with Gasteiger partial charge in [0.05, 0.1) is 16.4 Å². The van der Waals surface area contributed by atoms with E-state index in [4.69, 9.17) is 13.8 Å². The van der Waals surface area contributed by atoms with E-state index in [1.807, 2.05) is 78.9 Å². The van der Waals surface area contributed by atoms with Crippen LogP contribution >= 0.6 is 11.3 Å². The minimum Gasteiger partial charge on any atom is -0.456 e. The maximum Gasteiger partial charge on any atom is 0.266 e. The van der Waals surface area contributed by atoms with Crippen LogP contribution in [0, 0.1) is 0 Å². The second-order valence-electron chi connectivity index (χ2n) is 11.1. The quantitative estimate of drug-likeness (QED) is 0.203. The van der Waals surface area contributed by atoms with Crippen LogP contribution in [-0.2, 0) is 0 Å². The maximum atomic E-state index is 13.8. The van der Waals surface area contributed by atoms with Crippen molar-refractivity contribution in [1.82, 2.24) is 9.38 Å². The van der Waals surface area contributed by atoms with E-state index < -0.39 is 0 Å². The van der Waals surface area contributed by atoms with Crippen LogP contribution in [0.3, 0.4) is 0 Å². The van der Waals surface area contributed by atoms with E-state index in [-0.39, 0.29) is 5.56 Å². The predicted molar refractivity (Wildman–Crippen MR) is 180 cm³/mol. The molecule has 0 saturated carbocycles. The molecule has 0 aliphatic rings. The standard InChI is InChI=1S/C38H20N2O3S/c41-37-28-20-23(14-17-35(28)44-38-39-29-8-2-3-9-30(29)40(37)38)24-7-5-11-34-36(24)27-19-22(13-16-33(27)43-34)21-12-15-32-26(18-21)25-6-1-4-10-31(25)42-32/h1-20H. The zero-order valence-corrected chi connectivity index (χ0v) is 23.9. The molecular weight excluding hydrogens is 564 g/mol. The lowest BCUT2D eigenvalue weighted by molar-refractivity contribution is 0.668. The first-order valence-electron chi connectivity index (χ1n) is 14.4. The Kier molecular flexibility index (Phi) is 4.68. The minimum atomic E-state index is -0.0574. The molecule has 0 amide bonds. The van der Waals surface area contributed by atoms with Crippen LogP contribution in [0.2, 0.25) is 0 Å². The van der Waals surface area contributed by atoms with Crippen molar-refractivity contribution in [3.05, 3.63) is 132 Å². The van der Waals surface area contributed by atoms with Crippen LogP contribution in [0.4, 0.5) is 0 Å². The lowest BCUT2D eigenvalue weighted by atomic mass is 9.96. The second-order valence-corrected chi connectivity index (χ2v) is 12.1. The van der Waals surface area contributed by atoms with Gasteiger partial charge in [0.15, 0.2) is 4.96 Å². The summed E-state index contributed by atoms with van der Waals surface area (Å²) in [6, 6.07) is 40.9. The summed E-state index contributed by atoms with van der Waals surface area (Å²) < 4.78 is 15.0. The molecule has 4 aromatic heterocycles. The predicted octanol–water partition coefficient (Wildman–Crippen LogP) is 10.2. The topological polar surface area (TPSA) is 60.7 Å². The summed E-state index contributed by atoms with van der Waals surface area (Å²) in [5.74, 6) is 0. The Balaban J connectivity index is 1.18. The summed E-state index contributed by atoms with van der Waals surface area (Å²) >= 11 is 1.53. The summed E-state index contributed by atoms with van der Waals surface area (Å²) in [6.07, 6.45) is 0. The molecule has 4 heterocycles. The molecule has 0 unspecified atom stereocenters. The molecule has 10 rings (SSSR count). The van der Waals surface area contributed by atoms with Gasteiger partial charge in [-0.25, -0.2) is 9.38 Å². The molecule has 0 N–H and O–H groups in total. The lowest BCUT2D eigenvalue weighted by Gasteiger charge is -2.07. The van der Waals surface area contributed by atoms with Gasteiger partial charge in [-0.2, -0.15) is 0 Å². The number of imidazole rings is 1. The van der Waals surface area contributed by atoms with Crippen LogP contribution in [0.25, 0.3) is 92.2 Å². The van der Waals surface area contributed by atoms with Crippen molar-refractivity contribution >= 4 is 81.3 Å². The van der Waals surface area contributed by atoms with E-state index in [1.165, 1.54) is 11.3 Å². The van der Waals surface area contributed by atoms with E-state index >= 15 is 0 Å². The third kappa shape index (κ3) is 3.28. The minimum absolute atomic E-state index is 0.0574. The van der Waals surface area contributed by atoms with E-state index in [9.17, 15) is 4.79 Å². The Morgan fingerprint density at radius 3 is 2.16 bits per heavy atom. The van der Waals surface area contributed by atoms with Gasteiger partial charge in [-0.3, -0.25) is 4.79 Å². The number of fused-ring (bicyclic) bond motifs is 10. The third-order valence-electron chi connectivity index (χ3n) is 8.66. The van der Waals surface area contributed by atoms with Gasteiger partial charge in [0.1, 0.15) is 22.3 Å². The monoisotopic (exact) mass is 584 g/mol. The molecule has 5 nitrogen and oxygen atoms in total. The molecule has 10 aromatic rings. The van der Waals surface area contributed by atoms with Gasteiger partial charge >= 0.3 is 0 Å². The summed E-state index contributed by atoms with van der Waals surface area (Å²) in [7, 11) is 0. The fraction of sp³-hybridized carbons (Fsp3) is 0. The van der Waals surface area contributed by atoms with Crippen molar-refractivity contribution in [3.8, 4) is 22.3 Å². The fourth-order valence-corrected chi connectivity index (χ4v) is 7.60. The van der Waals surface area contributed by atoms with Gasteiger partial charge in [-0.1, -0.05) is 72.0 Å². The number of aromatic nitrogens is 2. The first kappa shape index (κ1) is 23.8. The van der Waals surface area contributed by atoms with Crippen LogP contribution < -0.4 is 5.56 Å². The van der Waals surface area contributed by atoms with Crippen molar-refractivity contribution < 1.29 is 8.83 Å². The van der Waals surface area contributed by atoms with Gasteiger partial charge < -0.3 is 8.83 Å². The Morgan fingerprint density at radius 2 is 1.25 bits per heavy atom. The molecule has 0 radical (unpaired) electrons. The van der Waals surface area contributed by atoms with E-state index in [1.54, 1.807) is 4.40 Å². The summed E-state index contributed by atoms with van der Waals surface area (Å²) in [6.45, 7) is 0. The average Bonchev–Trinajstić information content (AvgIpc) is 3.75. The normalized spacial score (nSPS) is 12.2. The van der Waals surface area contributed by atoms with E-state index in [0.29, 0.717) is 10.3 Å². The van der Waals surface area contributed by atoms with Gasteiger partial charge in [0.25, 0.3) is 5.56 Å². The van der Waals surface area contributed by atoms with Crippen LogP contribution in [0.15, 0.2) is 135 Å². The lowest BCUT2D eigenvalue weighted by Crippen LogP contribution is -2.11.